The van der Waals surface area contributed by atoms with Crippen LogP contribution in [0.2, 0.25) is 0 Å². The number of carbonyl (C=O) groups excluding carboxylic acids is 1. The molecular weight excluding hydrogens is 304 g/mol. The summed E-state index contributed by atoms with van der Waals surface area (Å²) in [6.45, 7) is 0.545. The molecule has 2 aromatic heterocycles. The summed E-state index contributed by atoms with van der Waals surface area (Å²) in [5, 5.41) is 11.6. The number of nitrogens with one attached hydrogen (secondary N) is 2. The van der Waals surface area contributed by atoms with Crippen LogP contribution in [0.3, 0.4) is 0 Å². The van der Waals surface area contributed by atoms with Crippen LogP contribution in [0, 0.1) is 0 Å². The number of nitrogens with zero attached hydrogens (tertiary/aromatic N) is 2. The average molecular weight is 318 g/mol. The van der Waals surface area contributed by atoms with E-state index in [0.29, 0.717) is 12.1 Å². The maximum Gasteiger partial charge on any atom is 0.316 e. The highest BCUT2D eigenvalue weighted by atomic mass is 16.4. The molecule has 0 fully saturated rings. The SMILES string of the molecule is O=C(c1nnc(NCc2ccccc2)o1)c1c[nH]c2ccccc12. The molecule has 0 aliphatic rings. The monoisotopic (exact) mass is 318 g/mol. The van der Waals surface area contributed by atoms with Crippen molar-refractivity contribution in [2.24, 2.45) is 0 Å². The molecule has 0 radical (unpaired) electrons. The molecule has 0 bridgehead atoms. The predicted molar refractivity (Wildman–Crippen MR) is 89.8 cm³/mol. The highest BCUT2D eigenvalue weighted by molar-refractivity contribution is 6.14. The van der Waals surface area contributed by atoms with Gasteiger partial charge in [-0.1, -0.05) is 53.6 Å². The molecule has 24 heavy (non-hydrogen) atoms. The van der Waals surface area contributed by atoms with Crippen molar-refractivity contribution in [1.82, 2.24) is 15.2 Å². The topological polar surface area (TPSA) is 83.8 Å². The fourth-order valence-corrected chi connectivity index (χ4v) is 2.53. The molecule has 0 unspecified atom stereocenters. The van der Waals surface area contributed by atoms with E-state index in [1.54, 1.807) is 6.20 Å². The van der Waals surface area contributed by atoms with Crippen molar-refractivity contribution in [3.8, 4) is 0 Å². The van der Waals surface area contributed by atoms with Gasteiger partial charge in [0.25, 0.3) is 11.7 Å². The third-order valence-corrected chi connectivity index (χ3v) is 3.74. The number of para-hydroxylation sites is 1. The Labute approximate surface area is 137 Å². The van der Waals surface area contributed by atoms with Crippen LogP contribution in [0.1, 0.15) is 21.8 Å². The second-order valence-electron chi connectivity index (χ2n) is 5.33. The van der Waals surface area contributed by atoms with E-state index in [1.165, 1.54) is 0 Å². The van der Waals surface area contributed by atoms with Gasteiger partial charge in [0.05, 0.1) is 5.56 Å². The van der Waals surface area contributed by atoms with Crippen molar-refractivity contribution >= 4 is 22.7 Å². The minimum absolute atomic E-state index is 0.0321. The van der Waals surface area contributed by atoms with Gasteiger partial charge in [0.2, 0.25) is 0 Å². The first-order chi connectivity index (χ1) is 11.8. The molecule has 0 aliphatic carbocycles. The van der Waals surface area contributed by atoms with Crippen molar-refractivity contribution in [2.75, 3.05) is 5.32 Å². The summed E-state index contributed by atoms with van der Waals surface area (Å²) in [5.74, 6) is -0.331. The lowest BCUT2D eigenvalue weighted by atomic mass is 10.1. The lowest BCUT2D eigenvalue weighted by Crippen LogP contribution is -2.00. The largest absolute Gasteiger partial charge is 0.400 e. The van der Waals surface area contributed by atoms with Gasteiger partial charge in [0.1, 0.15) is 0 Å². The number of rotatable bonds is 5. The molecule has 2 N–H and O–H groups in total. The number of H-pyrrole nitrogens is 1. The quantitative estimate of drug-likeness (QED) is 0.551. The van der Waals surface area contributed by atoms with Crippen molar-refractivity contribution < 1.29 is 9.21 Å². The number of hydrogen-bond acceptors (Lipinski definition) is 5. The highest BCUT2D eigenvalue weighted by Crippen LogP contribution is 2.21. The van der Waals surface area contributed by atoms with E-state index in [9.17, 15) is 4.79 Å². The Morgan fingerprint density at radius 2 is 1.83 bits per heavy atom. The number of fused-ring (bicyclic) bond motifs is 1. The van der Waals surface area contributed by atoms with Crippen molar-refractivity contribution in [1.29, 1.82) is 0 Å². The first-order valence-electron chi connectivity index (χ1n) is 7.53. The van der Waals surface area contributed by atoms with E-state index in [-0.39, 0.29) is 17.7 Å². The van der Waals surface area contributed by atoms with Crippen LogP contribution in [0.5, 0.6) is 0 Å². The summed E-state index contributed by atoms with van der Waals surface area (Å²) in [6.07, 6.45) is 1.66. The van der Waals surface area contributed by atoms with Crippen LogP contribution >= 0.6 is 0 Å². The summed E-state index contributed by atoms with van der Waals surface area (Å²) in [5.41, 5.74) is 2.49. The predicted octanol–water partition coefficient (Wildman–Crippen LogP) is 3.39. The van der Waals surface area contributed by atoms with E-state index in [1.807, 2.05) is 54.6 Å². The van der Waals surface area contributed by atoms with Crippen molar-refractivity contribution in [2.45, 2.75) is 6.54 Å². The Morgan fingerprint density at radius 3 is 2.71 bits per heavy atom. The van der Waals surface area contributed by atoms with Crippen LogP contribution in [-0.4, -0.2) is 21.0 Å². The summed E-state index contributed by atoms with van der Waals surface area (Å²) < 4.78 is 5.44. The van der Waals surface area contributed by atoms with Crippen LogP contribution in [0.25, 0.3) is 10.9 Å². The van der Waals surface area contributed by atoms with E-state index < -0.39 is 0 Å². The van der Waals surface area contributed by atoms with Crippen LogP contribution in [-0.2, 0) is 6.54 Å². The number of anilines is 1. The zero-order valence-corrected chi connectivity index (χ0v) is 12.7. The van der Waals surface area contributed by atoms with E-state index >= 15 is 0 Å². The van der Waals surface area contributed by atoms with E-state index in [0.717, 1.165) is 16.5 Å². The molecule has 0 spiro atoms. The fourth-order valence-electron chi connectivity index (χ4n) is 2.53. The molecule has 6 heteroatoms. The second kappa shape index (κ2) is 6.00. The summed E-state index contributed by atoms with van der Waals surface area (Å²) in [6, 6.07) is 17.6. The Balaban J connectivity index is 1.53. The summed E-state index contributed by atoms with van der Waals surface area (Å²) >= 11 is 0. The van der Waals surface area contributed by atoms with Crippen molar-refractivity contribution in [3.05, 3.63) is 77.8 Å². The third-order valence-electron chi connectivity index (χ3n) is 3.74. The molecule has 4 aromatic rings. The Morgan fingerprint density at radius 1 is 1.04 bits per heavy atom. The molecule has 0 saturated heterocycles. The van der Waals surface area contributed by atoms with Crippen molar-refractivity contribution in [3.63, 3.8) is 0 Å². The van der Waals surface area contributed by atoms with Gasteiger partial charge in [-0.3, -0.25) is 4.79 Å². The van der Waals surface area contributed by atoms with Crippen LogP contribution in [0.4, 0.5) is 6.01 Å². The lowest BCUT2D eigenvalue weighted by Gasteiger charge is -2.00. The minimum Gasteiger partial charge on any atom is -0.400 e. The number of benzene rings is 2. The van der Waals surface area contributed by atoms with Gasteiger partial charge >= 0.3 is 6.01 Å². The molecule has 0 aliphatic heterocycles. The Bertz CT molecular complexity index is 988. The van der Waals surface area contributed by atoms with Crippen LogP contribution < -0.4 is 5.32 Å². The second-order valence-corrected chi connectivity index (χ2v) is 5.33. The van der Waals surface area contributed by atoms with Gasteiger partial charge in [0.15, 0.2) is 0 Å². The Hall–Kier alpha value is -3.41. The smallest absolute Gasteiger partial charge is 0.316 e. The Kier molecular flexibility index (Phi) is 3.55. The fraction of sp³-hybridized carbons (Fsp3) is 0.0556. The van der Waals surface area contributed by atoms with Gasteiger partial charge < -0.3 is 14.7 Å². The third kappa shape index (κ3) is 2.65. The van der Waals surface area contributed by atoms with Gasteiger partial charge in [0, 0.05) is 23.6 Å². The summed E-state index contributed by atoms with van der Waals surface area (Å²) in [4.78, 5) is 15.6. The van der Waals surface area contributed by atoms with Crippen LogP contribution in [0.15, 0.2) is 65.2 Å². The van der Waals surface area contributed by atoms with E-state index in [2.05, 4.69) is 20.5 Å². The lowest BCUT2D eigenvalue weighted by molar-refractivity contribution is 0.100. The number of hydrogen-bond donors (Lipinski definition) is 2. The highest BCUT2D eigenvalue weighted by Gasteiger charge is 2.20. The normalized spacial score (nSPS) is 10.8. The van der Waals surface area contributed by atoms with E-state index in [4.69, 9.17) is 4.42 Å². The van der Waals surface area contributed by atoms with Gasteiger partial charge in [-0.15, -0.1) is 5.10 Å². The molecule has 2 heterocycles. The maximum atomic E-state index is 12.6. The molecule has 4 rings (SSSR count). The molecular formula is C18H14N4O2. The molecule has 0 amide bonds. The standard InChI is InChI=1S/C18H14N4O2/c23-16(14-11-19-15-9-5-4-8-13(14)15)17-21-22-18(24-17)20-10-12-6-2-1-3-7-12/h1-9,11,19H,10H2,(H,20,22). The molecule has 118 valence electrons. The number of ketones is 1. The molecule has 0 atom stereocenters. The number of aromatic amines is 1. The zero-order valence-electron chi connectivity index (χ0n) is 12.7. The van der Waals surface area contributed by atoms with Gasteiger partial charge in [-0.2, -0.15) is 0 Å². The number of carbonyl (C=O) groups is 1. The first-order valence-corrected chi connectivity index (χ1v) is 7.53. The zero-order chi connectivity index (χ0) is 16.4. The first kappa shape index (κ1) is 14.2. The average Bonchev–Trinajstić information content (AvgIpc) is 3.27. The van der Waals surface area contributed by atoms with Gasteiger partial charge in [-0.25, -0.2) is 0 Å². The number of aromatic nitrogens is 3. The molecule has 6 nitrogen and oxygen atoms in total. The summed E-state index contributed by atoms with van der Waals surface area (Å²) in [7, 11) is 0. The molecule has 0 saturated carbocycles. The molecule has 2 aromatic carbocycles. The van der Waals surface area contributed by atoms with Gasteiger partial charge in [-0.05, 0) is 11.6 Å². The minimum atomic E-state index is -0.298. The maximum absolute atomic E-state index is 12.6.